The minimum absolute atomic E-state index is 0.142. The van der Waals surface area contributed by atoms with E-state index in [1.54, 1.807) is 36.5 Å². The van der Waals surface area contributed by atoms with Gasteiger partial charge in [0.2, 0.25) is 5.91 Å². The van der Waals surface area contributed by atoms with Gasteiger partial charge in [-0.1, -0.05) is 36.4 Å². The molecule has 1 aliphatic carbocycles. The van der Waals surface area contributed by atoms with Gasteiger partial charge in [-0.3, -0.25) is 4.79 Å². The summed E-state index contributed by atoms with van der Waals surface area (Å²) in [5.74, 6) is -0.906. The van der Waals surface area contributed by atoms with Crippen LogP contribution >= 0.6 is 11.3 Å². The Morgan fingerprint density at radius 3 is 2.67 bits per heavy atom. The highest BCUT2D eigenvalue weighted by Crippen LogP contribution is 2.39. The molecule has 0 aliphatic heterocycles. The van der Waals surface area contributed by atoms with E-state index in [-0.39, 0.29) is 4.90 Å². The zero-order valence-corrected chi connectivity index (χ0v) is 16.4. The Labute approximate surface area is 162 Å². The molecule has 1 heterocycles. The van der Waals surface area contributed by atoms with E-state index >= 15 is 0 Å². The summed E-state index contributed by atoms with van der Waals surface area (Å²) >= 11 is 1.64. The Hall–Kier alpha value is -2.44. The maximum absolute atomic E-state index is 12.8. The molecule has 6 heteroatoms. The summed E-state index contributed by atoms with van der Waals surface area (Å²) in [6.07, 6.45) is 1.38. The molecule has 0 saturated carbocycles. The fourth-order valence-corrected chi connectivity index (χ4v) is 5.65. The van der Waals surface area contributed by atoms with Gasteiger partial charge in [-0.2, -0.15) is 11.3 Å². The van der Waals surface area contributed by atoms with Gasteiger partial charge >= 0.3 is 0 Å². The lowest BCUT2D eigenvalue weighted by molar-refractivity contribution is -0.120. The number of aryl methyl sites for hydroxylation is 1. The molecule has 138 valence electrons. The second-order valence-electron chi connectivity index (χ2n) is 6.71. The highest BCUT2D eigenvalue weighted by molar-refractivity contribution is 7.90. The lowest BCUT2D eigenvalue weighted by atomic mass is 9.96. The third-order valence-electron chi connectivity index (χ3n) is 5.04. The van der Waals surface area contributed by atoms with E-state index in [1.165, 1.54) is 6.07 Å². The minimum Gasteiger partial charge on any atom is -0.273 e. The summed E-state index contributed by atoms with van der Waals surface area (Å²) in [5.41, 5.74) is 4.96. The maximum Gasteiger partial charge on any atom is 0.264 e. The number of hydrogen-bond donors (Lipinski definition) is 1. The quantitative estimate of drug-likeness (QED) is 0.715. The lowest BCUT2D eigenvalue weighted by Gasteiger charge is -2.14. The average Bonchev–Trinajstić information content (AvgIpc) is 3.31. The van der Waals surface area contributed by atoms with Crippen molar-refractivity contribution in [2.24, 2.45) is 0 Å². The van der Waals surface area contributed by atoms with Crippen LogP contribution in [0.1, 0.15) is 29.0 Å². The smallest absolute Gasteiger partial charge is 0.264 e. The van der Waals surface area contributed by atoms with Crippen molar-refractivity contribution in [1.29, 1.82) is 0 Å². The summed E-state index contributed by atoms with van der Waals surface area (Å²) in [4.78, 5) is 13.0. The van der Waals surface area contributed by atoms with Crippen LogP contribution in [-0.2, 0) is 21.2 Å². The fraction of sp³-hybridized carbons (Fsp3) is 0.190. The summed E-state index contributed by atoms with van der Waals surface area (Å²) in [7, 11) is -3.88. The Morgan fingerprint density at radius 1 is 1.11 bits per heavy atom. The van der Waals surface area contributed by atoms with Gasteiger partial charge in [0.05, 0.1) is 10.8 Å². The molecule has 1 atom stereocenters. The van der Waals surface area contributed by atoms with E-state index in [9.17, 15) is 13.2 Å². The van der Waals surface area contributed by atoms with Crippen molar-refractivity contribution in [2.45, 2.75) is 30.6 Å². The topological polar surface area (TPSA) is 63.2 Å². The number of benzene rings is 2. The number of sulfonamides is 1. The Morgan fingerprint density at radius 2 is 1.93 bits per heavy atom. The maximum atomic E-state index is 12.8. The van der Waals surface area contributed by atoms with Gasteiger partial charge in [-0.25, -0.2) is 13.1 Å². The Kier molecular flexibility index (Phi) is 4.61. The third-order valence-corrected chi connectivity index (χ3v) is 7.23. The lowest BCUT2D eigenvalue weighted by Crippen LogP contribution is -2.34. The van der Waals surface area contributed by atoms with Gasteiger partial charge < -0.3 is 0 Å². The number of amides is 1. The molecule has 1 N–H and O–H groups in total. The first kappa shape index (κ1) is 17.9. The van der Waals surface area contributed by atoms with Gasteiger partial charge in [0.25, 0.3) is 10.0 Å². The first-order valence-corrected chi connectivity index (χ1v) is 11.2. The van der Waals surface area contributed by atoms with Crippen LogP contribution in [-0.4, -0.2) is 14.3 Å². The molecule has 0 fully saturated rings. The van der Waals surface area contributed by atoms with Crippen molar-refractivity contribution in [2.75, 3.05) is 0 Å². The van der Waals surface area contributed by atoms with Gasteiger partial charge in [-0.05, 0) is 70.5 Å². The molecular formula is C21H19NO3S2. The van der Waals surface area contributed by atoms with Crippen LogP contribution in [0, 0.1) is 6.92 Å². The van der Waals surface area contributed by atoms with Gasteiger partial charge in [-0.15, -0.1) is 0 Å². The molecule has 27 heavy (non-hydrogen) atoms. The third kappa shape index (κ3) is 3.31. The van der Waals surface area contributed by atoms with E-state index < -0.39 is 21.8 Å². The van der Waals surface area contributed by atoms with Crippen LogP contribution in [0.2, 0.25) is 0 Å². The first-order valence-electron chi connectivity index (χ1n) is 8.74. The van der Waals surface area contributed by atoms with Crippen molar-refractivity contribution >= 4 is 27.3 Å². The molecular weight excluding hydrogens is 378 g/mol. The van der Waals surface area contributed by atoms with E-state index in [2.05, 4.69) is 22.2 Å². The highest BCUT2D eigenvalue weighted by Gasteiger charge is 2.33. The minimum atomic E-state index is -3.88. The van der Waals surface area contributed by atoms with Crippen molar-refractivity contribution < 1.29 is 13.2 Å². The molecule has 4 rings (SSSR count). The Balaban J connectivity index is 1.63. The zero-order valence-electron chi connectivity index (χ0n) is 14.8. The van der Waals surface area contributed by atoms with Crippen LogP contribution in [0.5, 0.6) is 0 Å². The number of thiophene rings is 1. The van der Waals surface area contributed by atoms with Gasteiger partial charge in [0, 0.05) is 0 Å². The molecule has 3 aromatic rings. The van der Waals surface area contributed by atoms with E-state index in [4.69, 9.17) is 0 Å². The number of carbonyl (C=O) groups is 1. The summed E-state index contributed by atoms with van der Waals surface area (Å²) < 4.78 is 27.6. The molecule has 1 amide bonds. The molecule has 2 aromatic carbocycles. The van der Waals surface area contributed by atoms with Crippen LogP contribution < -0.4 is 4.72 Å². The van der Waals surface area contributed by atoms with Crippen LogP contribution in [0.25, 0.3) is 11.1 Å². The number of nitrogens with one attached hydrogen (secondary N) is 1. The van der Waals surface area contributed by atoms with Crippen molar-refractivity contribution in [3.8, 4) is 11.1 Å². The molecule has 4 nitrogen and oxygen atoms in total. The summed E-state index contributed by atoms with van der Waals surface area (Å²) in [6, 6.07) is 14.7. The Bertz CT molecular complexity index is 1100. The largest absolute Gasteiger partial charge is 0.273 e. The van der Waals surface area contributed by atoms with E-state index in [1.807, 2.05) is 17.5 Å². The molecule has 1 unspecified atom stereocenters. The number of hydrogen-bond acceptors (Lipinski definition) is 4. The average molecular weight is 398 g/mol. The number of carbonyl (C=O) groups excluding carboxylic acids is 1. The number of rotatable bonds is 4. The fourth-order valence-electron chi connectivity index (χ4n) is 3.73. The van der Waals surface area contributed by atoms with Crippen LogP contribution in [0.3, 0.4) is 0 Å². The van der Waals surface area contributed by atoms with Crippen LogP contribution in [0.4, 0.5) is 0 Å². The van der Waals surface area contributed by atoms with E-state index in [0.717, 1.165) is 28.7 Å². The predicted octanol–water partition coefficient (Wildman–Crippen LogP) is 4.26. The van der Waals surface area contributed by atoms with Crippen molar-refractivity contribution in [1.82, 2.24) is 4.72 Å². The molecule has 1 aromatic heterocycles. The SMILES string of the molecule is Cc1ccccc1S(=O)(=O)NC(=O)C1CCc2c(-c3ccsc3)cccc21. The zero-order chi connectivity index (χ0) is 19.0. The van der Waals surface area contributed by atoms with Crippen molar-refractivity contribution in [3.05, 3.63) is 76.0 Å². The van der Waals surface area contributed by atoms with Gasteiger partial charge in [0.1, 0.15) is 0 Å². The standard InChI is InChI=1S/C21H19NO3S2/c1-14-5-2-3-8-20(14)27(24,25)22-21(23)19-10-9-18-16(6-4-7-17(18)19)15-11-12-26-13-15/h2-8,11-13,19H,9-10H2,1H3,(H,22,23). The molecule has 0 spiro atoms. The summed E-state index contributed by atoms with van der Waals surface area (Å²) in [5, 5.41) is 4.12. The second-order valence-corrected chi connectivity index (χ2v) is 9.14. The van der Waals surface area contributed by atoms with E-state index in [0.29, 0.717) is 12.0 Å². The monoisotopic (exact) mass is 397 g/mol. The number of fused-ring (bicyclic) bond motifs is 1. The molecule has 0 bridgehead atoms. The second kappa shape index (κ2) is 6.94. The summed E-state index contributed by atoms with van der Waals surface area (Å²) in [6.45, 7) is 1.72. The molecule has 0 radical (unpaired) electrons. The first-order chi connectivity index (χ1) is 13.0. The molecule has 0 saturated heterocycles. The molecule has 1 aliphatic rings. The van der Waals surface area contributed by atoms with Crippen LogP contribution in [0.15, 0.2) is 64.2 Å². The normalized spacial score (nSPS) is 16.1. The van der Waals surface area contributed by atoms with Gasteiger partial charge in [0.15, 0.2) is 0 Å². The predicted molar refractivity (Wildman–Crippen MR) is 107 cm³/mol. The highest BCUT2D eigenvalue weighted by atomic mass is 32.2. The van der Waals surface area contributed by atoms with Crippen molar-refractivity contribution in [3.63, 3.8) is 0 Å².